The smallest absolute Gasteiger partial charge is 0.229 e. The fraction of sp³-hybridized carbons (Fsp3) is 0.250. The zero-order valence-corrected chi connectivity index (χ0v) is 8.10. The van der Waals surface area contributed by atoms with Gasteiger partial charge >= 0.3 is 6.18 Å². The fourth-order valence-corrected chi connectivity index (χ4v) is 1.14. The summed E-state index contributed by atoms with van der Waals surface area (Å²) < 4.78 is 38.5. The third-order valence-electron chi connectivity index (χ3n) is 1.77. The molecule has 0 aliphatic rings. The highest BCUT2D eigenvalue weighted by molar-refractivity contribution is 5.25. The summed E-state index contributed by atoms with van der Waals surface area (Å²) in [6.07, 6.45) is -1.74. The van der Waals surface area contributed by atoms with Crippen LogP contribution in [0.1, 0.15) is 11.5 Å². The summed E-state index contributed by atoms with van der Waals surface area (Å²) in [7, 11) is 0. The van der Waals surface area contributed by atoms with Gasteiger partial charge in [-0.25, -0.2) is 14.6 Å². The molecular weight excluding hydrogens is 223 g/mol. The summed E-state index contributed by atoms with van der Waals surface area (Å²) in [5.41, 5.74) is -0.995. The first-order valence-corrected chi connectivity index (χ1v) is 4.26. The van der Waals surface area contributed by atoms with Crippen LogP contribution in [-0.2, 0) is 6.18 Å². The van der Waals surface area contributed by atoms with E-state index in [0.29, 0.717) is 0 Å². The molecule has 2 rings (SSSR count). The van der Waals surface area contributed by atoms with Crippen molar-refractivity contribution < 1.29 is 13.2 Å². The van der Waals surface area contributed by atoms with Crippen LogP contribution in [0.3, 0.4) is 0 Å². The molecule has 5 nitrogen and oxygen atoms in total. The zero-order valence-electron chi connectivity index (χ0n) is 8.10. The molecule has 2 aromatic rings. The Balaban J connectivity index is 2.53. The fourth-order valence-electron chi connectivity index (χ4n) is 1.14. The molecule has 0 unspecified atom stereocenters. The van der Waals surface area contributed by atoms with E-state index in [1.54, 1.807) is 0 Å². The first kappa shape index (κ1) is 10.5. The summed E-state index contributed by atoms with van der Waals surface area (Å²) in [4.78, 5) is 7.16. The van der Waals surface area contributed by atoms with Crippen molar-refractivity contribution in [2.45, 2.75) is 13.1 Å². The van der Waals surface area contributed by atoms with E-state index in [2.05, 4.69) is 20.3 Å². The lowest BCUT2D eigenvalue weighted by molar-refractivity contribution is -0.141. The average Bonchev–Trinajstić information content (AvgIpc) is 2.68. The molecule has 0 amide bonds. The number of rotatable bonds is 1. The second-order valence-electron chi connectivity index (χ2n) is 3.00. The van der Waals surface area contributed by atoms with Crippen molar-refractivity contribution in [3.63, 3.8) is 0 Å². The molecule has 16 heavy (non-hydrogen) atoms. The Hall–Kier alpha value is -1.99. The number of aromatic nitrogens is 5. The molecule has 84 valence electrons. The van der Waals surface area contributed by atoms with Gasteiger partial charge in [-0.15, -0.1) is 5.10 Å². The van der Waals surface area contributed by atoms with Crippen molar-refractivity contribution in [1.29, 1.82) is 0 Å². The van der Waals surface area contributed by atoms with Gasteiger partial charge in [-0.1, -0.05) is 5.21 Å². The van der Waals surface area contributed by atoms with Crippen LogP contribution in [0.25, 0.3) is 5.82 Å². The van der Waals surface area contributed by atoms with Gasteiger partial charge in [0.2, 0.25) is 0 Å². The van der Waals surface area contributed by atoms with E-state index in [9.17, 15) is 13.2 Å². The van der Waals surface area contributed by atoms with Gasteiger partial charge in [-0.2, -0.15) is 13.2 Å². The molecule has 8 heteroatoms. The van der Waals surface area contributed by atoms with Crippen LogP contribution in [0.5, 0.6) is 0 Å². The van der Waals surface area contributed by atoms with Gasteiger partial charge in [0.15, 0.2) is 5.82 Å². The highest BCUT2D eigenvalue weighted by Crippen LogP contribution is 2.28. The van der Waals surface area contributed by atoms with E-state index in [1.807, 2.05) is 0 Å². The van der Waals surface area contributed by atoms with E-state index in [0.717, 1.165) is 10.7 Å². The number of hydrogen-bond donors (Lipinski definition) is 0. The summed E-state index contributed by atoms with van der Waals surface area (Å²) in [6.45, 7) is 1.38. The van der Waals surface area contributed by atoms with Crippen LogP contribution in [0.2, 0.25) is 0 Å². The normalized spacial score (nSPS) is 11.8. The zero-order chi connectivity index (χ0) is 11.8. The van der Waals surface area contributed by atoms with Crippen LogP contribution < -0.4 is 0 Å². The average molecular weight is 229 g/mol. The Labute approximate surface area is 87.9 Å². The molecule has 2 heterocycles. The van der Waals surface area contributed by atoms with Gasteiger partial charge in [0.1, 0.15) is 11.5 Å². The van der Waals surface area contributed by atoms with Gasteiger partial charge in [0.05, 0.1) is 12.4 Å². The van der Waals surface area contributed by atoms with Crippen LogP contribution in [-0.4, -0.2) is 25.0 Å². The topological polar surface area (TPSA) is 56.5 Å². The Morgan fingerprint density at radius 3 is 2.56 bits per heavy atom. The van der Waals surface area contributed by atoms with Crippen molar-refractivity contribution in [2.24, 2.45) is 0 Å². The maximum atomic E-state index is 12.5. The second kappa shape index (κ2) is 3.54. The van der Waals surface area contributed by atoms with E-state index in [4.69, 9.17) is 0 Å². The lowest BCUT2D eigenvalue weighted by atomic mass is 10.3. The van der Waals surface area contributed by atoms with Crippen molar-refractivity contribution in [2.75, 3.05) is 0 Å². The Kier molecular flexibility index (Phi) is 2.33. The van der Waals surface area contributed by atoms with Crippen LogP contribution in [0.15, 0.2) is 18.5 Å². The highest BCUT2D eigenvalue weighted by Gasteiger charge is 2.33. The van der Waals surface area contributed by atoms with Gasteiger partial charge < -0.3 is 0 Å². The third kappa shape index (κ3) is 2.00. The first-order chi connectivity index (χ1) is 7.47. The minimum Gasteiger partial charge on any atom is -0.229 e. The van der Waals surface area contributed by atoms with Crippen molar-refractivity contribution in [3.8, 4) is 5.82 Å². The molecule has 0 atom stereocenters. The molecule has 0 spiro atoms. The van der Waals surface area contributed by atoms with Crippen molar-refractivity contribution in [1.82, 2.24) is 25.0 Å². The quantitative estimate of drug-likeness (QED) is 0.741. The minimum absolute atomic E-state index is 0.0281. The van der Waals surface area contributed by atoms with E-state index in [-0.39, 0.29) is 11.6 Å². The van der Waals surface area contributed by atoms with Gasteiger partial charge in [-0.3, -0.25) is 0 Å². The Bertz CT molecular complexity index is 491. The summed E-state index contributed by atoms with van der Waals surface area (Å²) in [5.74, 6) is 0.0673. The molecule has 0 saturated carbocycles. The van der Waals surface area contributed by atoms with Crippen molar-refractivity contribution >= 4 is 0 Å². The third-order valence-corrected chi connectivity index (χ3v) is 1.77. The number of aryl methyl sites for hydroxylation is 1. The van der Waals surface area contributed by atoms with E-state index in [1.165, 1.54) is 19.3 Å². The minimum atomic E-state index is -4.50. The van der Waals surface area contributed by atoms with E-state index < -0.39 is 11.9 Å². The molecule has 0 aromatic carbocycles. The summed E-state index contributed by atoms with van der Waals surface area (Å²) >= 11 is 0. The Morgan fingerprint density at radius 2 is 2.00 bits per heavy atom. The molecule has 0 bridgehead atoms. The molecule has 0 N–H and O–H groups in total. The number of alkyl halides is 3. The summed E-state index contributed by atoms with van der Waals surface area (Å²) in [6, 6.07) is 0.821. The predicted octanol–water partition coefficient (Wildman–Crippen LogP) is 1.38. The molecule has 0 fully saturated rings. The standard InChI is InChI=1S/C8H6F3N5/c1-5-13-6(8(9,10)11)4-7(14-5)16-3-2-12-15-16/h2-4H,1H3. The van der Waals surface area contributed by atoms with Gasteiger partial charge in [0.25, 0.3) is 0 Å². The maximum absolute atomic E-state index is 12.5. The largest absolute Gasteiger partial charge is 0.433 e. The van der Waals surface area contributed by atoms with Gasteiger partial charge in [0, 0.05) is 6.07 Å². The summed E-state index contributed by atoms with van der Waals surface area (Å²) in [5, 5.41) is 7.05. The first-order valence-electron chi connectivity index (χ1n) is 4.26. The molecule has 2 aromatic heterocycles. The monoisotopic (exact) mass is 229 g/mol. The number of nitrogens with zero attached hydrogens (tertiary/aromatic N) is 5. The van der Waals surface area contributed by atoms with Crippen molar-refractivity contribution in [3.05, 3.63) is 30.0 Å². The lowest BCUT2D eigenvalue weighted by Crippen LogP contribution is -2.12. The number of halogens is 3. The number of hydrogen-bond acceptors (Lipinski definition) is 4. The molecule has 0 aliphatic carbocycles. The highest BCUT2D eigenvalue weighted by atomic mass is 19.4. The van der Waals surface area contributed by atoms with Gasteiger partial charge in [-0.05, 0) is 6.92 Å². The van der Waals surface area contributed by atoms with Crippen LogP contribution in [0, 0.1) is 6.92 Å². The lowest BCUT2D eigenvalue weighted by Gasteiger charge is -2.08. The SMILES string of the molecule is Cc1nc(-n2ccnn2)cc(C(F)(F)F)n1. The van der Waals surface area contributed by atoms with E-state index >= 15 is 0 Å². The molecule has 0 saturated heterocycles. The Morgan fingerprint density at radius 1 is 1.25 bits per heavy atom. The maximum Gasteiger partial charge on any atom is 0.433 e. The molecular formula is C8H6F3N5. The molecule has 0 radical (unpaired) electrons. The van der Waals surface area contributed by atoms with Crippen LogP contribution >= 0.6 is 0 Å². The predicted molar refractivity (Wildman–Crippen MR) is 46.7 cm³/mol. The van der Waals surface area contributed by atoms with Crippen LogP contribution in [0.4, 0.5) is 13.2 Å². The molecule has 0 aliphatic heterocycles. The second-order valence-corrected chi connectivity index (χ2v) is 3.00.